The molecule has 2 aliphatic rings. The van der Waals surface area contributed by atoms with Crippen LogP contribution in [0, 0.1) is 5.92 Å². The molecule has 1 saturated heterocycles. The lowest BCUT2D eigenvalue weighted by molar-refractivity contribution is -0.142. The number of methoxy groups -OCH3 is 1. The second kappa shape index (κ2) is 7.54. The van der Waals surface area contributed by atoms with Crippen LogP contribution in [0.2, 0.25) is 0 Å². The summed E-state index contributed by atoms with van der Waals surface area (Å²) in [6.07, 6.45) is 4.37. The van der Waals surface area contributed by atoms with Crippen molar-refractivity contribution in [1.82, 2.24) is 9.62 Å². The first-order valence-electron chi connectivity index (χ1n) is 8.98. The lowest BCUT2D eigenvalue weighted by Crippen LogP contribution is -2.56. The average molecular weight is 382 g/mol. The lowest BCUT2D eigenvalue weighted by Gasteiger charge is -2.47. The number of rotatable bonds is 5. The van der Waals surface area contributed by atoms with Crippen LogP contribution in [-0.2, 0) is 14.8 Å². The van der Waals surface area contributed by atoms with Crippen LogP contribution >= 0.6 is 0 Å². The second-order valence-electron chi connectivity index (χ2n) is 7.14. The van der Waals surface area contributed by atoms with Gasteiger partial charge in [-0.2, -0.15) is 0 Å². The Morgan fingerprint density at radius 3 is 2.73 bits per heavy atom. The number of hydrogen-bond donors (Lipinski definition) is 2. The molecule has 1 aliphatic carbocycles. The number of nitrogens with zero attached hydrogens (tertiary/aromatic N) is 1. The third-order valence-corrected chi connectivity index (χ3v) is 6.98. The Hall–Kier alpha value is -1.64. The van der Waals surface area contributed by atoms with E-state index in [1.165, 1.54) is 19.2 Å². The standard InChI is InChI=1S/C18H26N2O5S/c1-25-15-5-7-16(8-6-15)26(23,24)19-12-17(21)20-11-10-18(22)9-3-2-4-14(18)13-20/h5-8,14,19,22H,2-4,9-13H2,1H3/t14-,18-/m1/s1. The van der Waals surface area contributed by atoms with E-state index >= 15 is 0 Å². The largest absolute Gasteiger partial charge is 0.497 e. The zero-order valence-electron chi connectivity index (χ0n) is 15.0. The number of carbonyl (C=O) groups is 1. The number of benzene rings is 1. The maximum atomic E-state index is 12.5. The average Bonchev–Trinajstić information content (AvgIpc) is 2.65. The molecule has 0 spiro atoms. The van der Waals surface area contributed by atoms with Crippen LogP contribution in [0.15, 0.2) is 29.2 Å². The zero-order chi connectivity index (χ0) is 18.8. The normalized spacial score (nSPS) is 26.2. The van der Waals surface area contributed by atoms with Gasteiger partial charge in [-0.1, -0.05) is 12.8 Å². The summed E-state index contributed by atoms with van der Waals surface area (Å²) >= 11 is 0. The fourth-order valence-corrected chi connectivity index (χ4v) is 4.88. The number of piperidine rings is 1. The van der Waals surface area contributed by atoms with E-state index < -0.39 is 15.6 Å². The predicted octanol–water partition coefficient (Wildman–Crippen LogP) is 1.13. The van der Waals surface area contributed by atoms with Crippen LogP contribution in [0.3, 0.4) is 0 Å². The van der Waals surface area contributed by atoms with Crippen molar-refractivity contribution >= 4 is 15.9 Å². The highest BCUT2D eigenvalue weighted by molar-refractivity contribution is 7.89. The van der Waals surface area contributed by atoms with Gasteiger partial charge in [0.1, 0.15) is 5.75 Å². The minimum Gasteiger partial charge on any atom is -0.497 e. The summed E-state index contributed by atoms with van der Waals surface area (Å²) in [5, 5.41) is 10.7. The molecule has 1 aliphatic heterocycles. The highest BCUT2D eigenvalue weighted by Crippen LogP contribution is 2.39. The minimum absolute atomic E-state index is 0.0893. The van der Waals surface area contributed by atoms with Crippen molar-refractivity contribution in [1.29, 1.82) is 0 Å². The lowest BCUT2D eigenvalue weighted by atomic mass is 9.71. The Morgan fingerprint density at radius 2 is 2.04 bits per heavy atom. The summed E-state index contributed by atoms with van der Waals surface area (Å²) in [5.41, 5.74) is -0.655. The van der Waals surface area contributed by atoms with Gasteiger partial charge in [-0.25, -0.2) is 13.1 Å². The van der Waals surface area contributed by atoms with E-state index in [0.717, 1.165) is 25.7 Å². The van der Waals surface area contributed by atoms with E-state index in [9.17, 15) is 18.3 Å². The molecule has 1 heterocycles. The van der Waals surface area contributed by atoms with Crippen molar-refractivity contribution in [2.75, 3.05) is 26.7 Å². The molecule has 1 aromatic carbocycles. The second-order valence-corrected chi connectivity index (χ2v) is 8.90. The van der Waals surface area contributed by atoms with Crippen LogP contribution < -0.4 is 9.46 Å². The molecule has 1 amide bonds. The number of aliphatic hydroxyl groups is 1. The summed E-state index contributed by atoms with van der Waals surface area (Å²) in [6.45, 7) is 0.690. The number of ether oxygens (including phenoxy) is 1. The number of nitrogens with one attached hydrogen (secondary N) is 1. The van der Waals surface area contributed by atoms with E-state index in [1.807, 2.05) is 0 Å². The van der Waals surface area contributed by atoms with Crippen LogP contribution in [0.1, 0.15) is 32.1 Å². The van der Waals surface area contributed by atoms with Gasteiger partial charge < -0.3 is 14.7 Å². The summed E-state index contributed by atoms with van der Waals surface area (Å²) in [6, 6.07) is 6.00. The highest BCUT2D eigenvalue weighted by atomic mass is 32.2. The maximum absolute atomic E-state index is 12.5. The van der Waals surface area contributed by atoms with E-state index in [1.54, 1.807) is 17.0 Å². The molecule has 0 bridgehead atoms. The number of amides is 1. The first kappa shape index (κ1) is 19.1. The van der Waals surface area contributed by atoms with Gasteiger partial charge in [-0.05, 0) is 43.5 Å². The molecule has 144 valence electrons. The molecule has 2 N–H and O–H groups in total. The Labute approximate surface area is 154 Å². The number of carbonyl (C=O) groups excluding carboxylic acids is 1. The topological polar surface area (TPSA) is 95.9 Å². The van der Waals surface area contributed by atoms with E-state index in [2.05, 4.69) is 4.72 Å². The Bertz CT molecular complexity index is 749. The molecule has 0 radical (unpaired) electrons. The number of likely N-dealkylation sites (tertiary alicyclic amines) is 1. The van der Waals surface area contributed by atoms with Crippen molar-refractivity contribution in [3.8, 4) is 5.75 Å². The third-order valence-electron chi connectivity index (χ3n) is 5.56. The predicted molar refractivity (Wildman–Crippen MR) is 96.3 cm³/mol. The molecule has 8 heteroatoms. The molecule has 1 saturated carbocycles. The number of fused-ring (bicyclic) bond motifs is 1. The molecular formula is C18H26N2O5S. The van der Waals surface area contributed by atoms with Crippen LogP contribution in [0.25, 0.3) is 0 Å². The van der Waals surface area contributed by atoms with Gasteiger partial charge in [0.2, 0.25) is 15.9 Å². The smallest absolute Gasteiger partial charge is 0.241 e. The van der Waals surface area contributed by atoms with Crippen molar-refractivity contribution in [3.63, 3.8) is 0 Å². The van der Waals surface area contributed by atoms with E-state index in [-0.39, 0.29) is 23.3 Å². The van der Waals surface area contributed by atoms with Gasteiger partial charge in [0.25, 0.3) is 0 Å². The Morgan fingerprint density at radius 1 is 1.31 bits per heavy atom. The van der Waals surface area contributed by atoms with Gasteiger partial charge in [0, 0.05) is 19.0 Å². The van der Waals surface area contributed by atoms with Gasteiger partial charge in [-0.3, -0.25) is 4.79 Å². The SMILES string of the molecule is COc1ccc(S(=O)(=O)NCC(=O)N2CC[C@]3(O)CCCC[C@@H]3C2)cc1. The molecule has 3 rings (SSSR count). The van der Waals surface area contributed by atoms with E-state index in [0.29, 0.717) is 25.3 Å². The van der Waals surface area contributed by atoms with Crippen LogP contribution in [0.5, 0.6) is 5.75 Å². The monoisotopic (exact) mass is 382 g/mol. The number of hydrogen-bond acceptors (Lipinski definition) is 5. The van der Waals surface area contributed by atoms with Gasteiger partial charge in [0.15, 0.2) is 0 Å². The molecule has 7 nitrogen and oxygen atoms in total. The third kappa shape index (κ3) is 4.02. The molecule has 0 aromatic heterocycles. The van der Waals surface area contributed by atoms with Crippen molar-refractivity contribution in [2.45, 2.75) is 42.6 Å². The summed E-state index contributed by atoms with van der Waals surface area (Å²) in [4.78, 5) is 14.2. The van der Waals surface area contributed by atoms with Crippen LogP contribution in [-0.4, -0.2) is 56.7 Å². The van der Waals surface area contributed by atoms with Gasteiger partial charge >= 0.3 is 0 Å². The van der Waals surface area contributed by atoms with Crippen molar-refractivity contribution < 1.29 is 23.1 Å². The summed E-state index contributed by atoms with van der Waals surface area (Å²) < 4.78 is 32.1. The van der Waals surface area contributed by atoms with Crippen molar-refractivity contribution in [2.24, 2.45) is 5.92 Å². The molecule has 26 heavy (non-hydrogen) atoms. The Balaban J connectivity index is 1.58. The maximum Gasteiger partial charge on any atom is 0.241 e. The molecule has 1 aromatic rings. The zero-order valence-corrected chi connectivity index (χ0v) is 15.8. The molecule has 2 atom stereocenters. The number of sulfonamides is 1. The highest BCUT2D eigenvalue weighted by Gasteiger charge is 2.43. The fourth-order valence-electron chi connectivity index (χ4n) is 3.90. The first-order chi connectivity index (χ1) is 12.3. The molecule has 0 unspecified atom stereocenters. The summed E-state index contributed by atoms with van der Waals surface area (Å²) in [7, 11) is -2.25. The fraction of sp³-hybridized carbons (Fsp3) is 0.611. The van der Waals surface area contributed by atoms with Gasteiger partial charge in [-0.15, -0.1) is 0 Å². The minimum atomic E-state index is -3.76. The van der Waals surface area contributed by atoms with Crippen LogP contribution in [0.4, 0.5) is 0 Å². The molecular weight excluding hydrogens is 356 g/mol. The summed E-state index contributed by atoms with van der Waals surface area (Å²) in [5.74, 6) is 0.398. The van der Waals surface area contributed by atoms with Crippen molar-refractivity contribution in [3.05, 3.63) is 24.3 Å². The van der Waals surface area contributed by atoms with E-state index in [4.69, 9.17) is 4.74 Å². The quantitative estimate of drug-likeness (QED) is 0.796. The Kier molecular flexibility index (Phi) is 5.55. The molecule has 2 fully saturated rings. The van der Waals surface area contributed by atoms with Gasteiger partial charge in [0.05, 0.1) is 24.2 Å². The first-order valence-corrected chi connectivity index (χ1v) is 10.5.